The van der Waals surface area contributed by atoms with Crippen molar-refractivity contribution >= 4 is 11.6 Å². The number of carbonyl (C=O) groups excluding carboxylic acids is 1. The van der Waals surface area contributed by atoms with Crippen LogP contribution >= 0.6 is 0 Å². The second kappa shape index (κ2) is 7.41. The van der Waals surface area contributed by atoms with Gasteiger partial charge in [-0.2, -0.15) is 10.2 Å². The van der Waals surface area contributed by atoms with Gasteiger partial charge >= 0.3 is 0 Å². The van der Waals surface area contributed by atoms with Gasteiger partial charge in [0.15, 0.2) is 23.1 Å². The van der Waals surface area contributed by atoms with Gasteiger partial charge in [0, 0.05) is 36.6 Å². The fraction of sp³-hybridized carbons (Fsp3) is 0.333. The van der Waals surface area contributed by atoms with E-state index in [1.54, 1.807) is 41.6 Å². The Labute approximate surface area is 192 Å². The van der Waals surface area contributed by atoms with Crippen molar-refractivity contribution < 1.29 is 18.0 Å². The first-order valence-electron chi connectivity index (χ1n) is 11.2. The largest absolute Gasteiger partial charge is 0.326 e. The summed E-state index contributed by atoms with van der Waals surface area (Å²) < 4.78 is 44.8. The molecule has 1 aromatic carbocycles. The maximum absolute atomic E-state index is 14.0. The highest BCUT2D eigenvalue weighted by molar-refractivity contribution is 6.01. The molecule has 1 saturated heterocycles. The number of aryl methyl sites for hydroxylation is 2. The standard InChI is InChI=1S/C24H21F3N6O/c1-12-19(23-28-7-4-8-32(23)29-12)24(34)33-14-5-3-6-18(33)21-15(11-14)22(31(2)30-21)13-9-16(25)20(27)17(26)10-13/h4,7-10,14,18H,3,5-6,11H2,1-2H3/t14-,18+/m0/s1. The Balaban J connectivity index is 1.46. The Morgan fingerprint density at radius 3 is 2.65 bits per heavy atom. The first-order chi connectivity index (χ1) is 16.3. The van der Waals surface area contributed by atoms with Gasteiger partial charge in [-0.25, -0.2) is 22.7 Å². The maximum atomic E-state index is 14.0. The van der Waals surface area contributed by atoms with Crippen LogP contribution in [-0.4, -0.2) is 41.2 Å². The molecular weight excluding hydrogens is 445 g/mol. The number of fused-ring (bicyclic) bond motifs is 5. The molecule has 34 heavy (non-hydrogen) atoms. The molecule has 5 heterocycles. The molecule has 1 amide bonds. The number of benzene rings is 1. The van der Waals surface area contributed by atoms with Gasteiger partial charge in [-0.15, -0.1) is 0 Å². The van der Waals surface area contributed by atoms with Crippen LogP contribution in [0.1, 0.15) is 52.6 Å². The van der Waals surface area contributed by atoms with E-state index < -0.39 is 17.5 Å². The number of amides is 1. The van der Waals surface area contributed by atoms with E-state index >= 15 is 0 Å². The summed E-state index contributed by atoms with van der Waals surface area (Å²) in [6.07, 6.45) is 6.35. The van der Waals surface area contributed by atoms with Gasteiger partial charge in [0.05, 0.1) is 23.1 Å². The minimum atomic E-state index is -1.49. The first-order valence-corrected chi connectivity index (χ1v) is 11.2. The molecule has 6 rings (SSSR count). The lowest BCUT2D eigenvalue weighted by molar-refractivity contribution is 0.0393. The van der Waals surface area contributed by atoms with Crippen LogP contribution in [0.2, 0.25) is 0 Å². The topological polar surface area (TPSA) is 68.3 Å². The number of carbonyl (C=O) groups is 1. The molecule has 0 saturated carbocycles. The zero-order chi connectivity index (χ0) is 23.7. The lowest BCUT2D eigenvalue weighted by Gasteiger charge is -2.45. The Bertz CT molecular complexity index is 1450. The van der Waals surface area contributed by atoms with Gasteiger partial charge in [-0.3, -0.25) is 9.48 Å². The minimum Gasteiger partial charge on any atom is -0.326 e. The number of hydrogen-bond donors (Lipinski definition) is 0. The highest BCUT2D eigenvalue weighted by atomic mass is 19.2. The van der Waals surface area contributed by atoms with E-state index in [-0.39, 0.29) is 23.6 Å². The van der Waals surface area contributed by atoms with E-state index in [1.807, 2.05) is 4.90 Å². The number of rotatable bonds is 2. The molecule has 10 heteroatoms. The molecule has 0 aliphatic carbocycles. The number of halogens is 3. The zero-order valence-corrected chi connectivity index (χ0v) is 18.6. The van der Waals surface area contributed by atoms with Gasteiger partial charge in [0.25, 0.3) is 5.91 Å². The van der Waals surface area contributed by atoms with Gasteiger partial charge in [0.1, 0.15) is 5.56 Å². The quantitative estimate of drug-likeness (QED) is 0.417. The molecule has 7 nitrogen and oxygen atoms in total. The van der Waals surface area contributed by atoms with Crippen LogP contribution in [0.3, 0.4) is 0 Å². The van der Waals surface area contributed by atoms with Crippen LogP contribution in [0.5, 0.6) is 0 Å². The summed E-state index contributed by atoms with van der Waals surface area (Å²) in [6.45, 7) is 1.80. The SMILES string of the molecule is Cc1nn2cccnc2c1C(=O)N1[C@H]2CCC[C@@H]1c1nn(C)c(-c3cc(F)c(F)c(F)c3)c1C2. The molecule has 0 N–H and O–H groups in total. The van der Waals surface area contributed by atoms with E-state index in [1.165, 1.54) is 0 Å². The second-order valence-electron chi connectivity index (χ2n) is 8.96. The van der Waals surface area contributed by atoms with Crippen molar-refractivity contribution in [3.05, 3.63) is 70.6 Å². The number of hydrogen-bond acceptors (Lipinski definition) is 4. The predicted octanol–water partition coefficient (Wildman–Crippen LogP) is 4.15. The van der Waals surface area contributed by atoms with E-state index in [2.05, 4.69) is 15.2 Å². The van der Waals surface area contributed by atoms with Crippen LogP contribution in [0.4, 0.5) is 13.2 Å². The highest BCUT2D eigenvalue weighted by Gasteiger charge is 2.44. The number of piperidine rings is 1. The van der Waals surface area contributed by atoms with Gasteiger partial charge in [-0.05, 0) is 50.8 Å². The zero-order valence-electron chi connectivity index (χ0n) is 18.6. The molecule has 2 bridgehead atoms. The summed E-state index contributed by atoms with van der Waals surface area (Å²) in [5.74, 6) is -4.12. The van der Waals surface area contributed by atoms with E-state index in [4.69, 9.17) is 0 Å². The van der Waals surface area contributed by atoms with Crippen LogP contribution < -0.4 is 0 Å². The molecule has 2 aliphatic heterocycles. The summed E-state index contributed by atoms with van der Waals surface area (Å²) in [4.78, 5) is 20.1. The molecular formula is C24H21F3N6O. The van der Waals surface area contributed by atoms with Crippen molar-refractivity contribution in [3.8, 4) is 11.3 Å². The smallest absolute Gasteiger partial charge is 0.260 e. The van der Waals surface area contributed by atoms with Crippen LogP contribution in [0, 0.1) is 24.4 Å². The Morgan fingerprint density at radius 1 is 1.12 bits per heavy atom. The Kier molecular flexibility index (Phi) is 4.55. The summed E-state index contributed by atoms with van der Waals surface area (Å²) >= 11 is 0. The minimum absolute atomic E-state index is 0.102. The molecule has 174 valence electrons. The first kappa shape index (κ1) is 20.9. The molecule has 2 atom stereocenters. The molecule has 4 aromatic rings. The second-order valence-corrected chi connectivity index (χ2v) is 8.96. The third-order valence-electron chi connectivity index (χ3n) is 6.95. The lowest BCUT2D eigenvalue weighted by Crippen LogP contribution is -2.50. The number of aromatic nitrogens is 5. The van der Waals surface area contributed by atoms with Crippen LogP contribution in [0.15, 0.2) is 30.6 Å². The fourth-order valence-corrected chi connectivity index (χ4v) is 5.58. The van der Waals surface area contributed by atoms with Crippen molar-refractivity contribution in [1.82, 2.24) is 29.3 Å². The molecule has 0 unspecified atom stereocenters. The number of nitrogens with zero attached hydrogens (tertiary/aromatic N) is 6. The Hall–Kier alpha value is -3.69. The van der Waals surface area contributed by atoms with E-state index in [9.17, 15) is 18.0 Å². The van der Waals surface area contributed by atoms with Crippen LogP contribution in [-0.2, 0) is 13.5 Å². The van der Waals surface area contributed by atoms with Crippen molar-refractivity contribution in [2.24, 2.45) is 7.05 Å². The molecule has 3 aromatic heterocycles. The van der Waals surface area contributed by atoms with Crippen molar-refractivity contribution in [1.29, 1.82) is 0 Å². The third-order valence-corrected chi connectivity index (χ3v) is 6.95. The van der Waals surface area contributed by atoms with Crippen LogP contribution in [0.25, 0.3) is 16.9 Å². The average molecular weight is 466 g/mol. The summed E-state index contributed by atoms with van der Waals surface area (Å²) in [7, 11) is 1.70. The normalized spacial score (nSPS) is 19.5. The molecule has 0 radical (unpaired) electrons. The van der Waals surface area contributed by atoms with E-state index in [0.29, 0.717) is 34.7 Å². The van der Waals surface area contributed by atoms with Gasteiger partial charge in [-0.1, -0.05) is 0 Å². The monoisotopic (exact) mass is 466 g/mol. The van der Waals surface area contributed by atoms with Crippen molar-refractivity contribution in [2.45, 2.75) is 44.7 Å². The highest BCUT2D eigenvalue weighted by Crippen LogP contribution is 2.45. The summed E-state index contributed by atoms with van der Waals surface area (Å²) in [5, 5.41) is 9.11. The third kappa shape index (κ3) is 2.90. The molecule has 0 spiro atoms. The van der Waals surface area contributed by atoms with Crippen molar-refractivity contribution in [3.63, 3.8) is 0 Å². The Morgan fingerprint density at radius 2 is 1.88 bits per heavy atom. The lowest BCUT2D eigenvalue weighted by atomic mass is 9.81. The van der Waals surface area contributed by atoms with Gasteiger partial charge < -0.3 is 4.90 Å². The predicted molar refractivity (Wildman–Crippen MR) is 116 cm³/mol. The average Bonchev–Trinajstić information content (AvgIpc) is 3.31. The maximum Gasteiger partial charge on any atom is 0.260 e. The van der Waals surface area contributed by atoms with Gasteiger partial charge in [0.2, 0.25) is 0 Å². The summed E-state index contributed by atoms with van der Waals surface area (Å²) in [5.41, 5.74) is 3.92. The van der Waals surface area contributed by atoms with Crippen molar-refractivity contribution in [2.75, 3.05) is 0 Å². The fourth-order valence-electron chi connectivity index (χ4n) is 5.58. The summed E-state index contributed by atoms with van der Waals surface area (Å²) in [6, 6.07) is 3.37. The van der Waals surface area contributed by atoms with E-state index in [0.717, 1.165) is 37.0 Å². The molecule has 1 fully saturated rings. The molecule has 2 aliphatic rings.